The van der Waals surface area contributed by atoms with Crippen LogP contribution in [0.4, 0.5) is 0 Å². The molecule has 0 saturated carbocycles. The molecule has 4 rings (SSSR count). The molecule has 1 saturated heterocycles. The van der Waals surface area contributed by atoms with Crippen LogP contribution in [0, 0.1) is 0 Å². The summed E-state index contributed by atoms with van der Waals surface area (Å²) in [6, 6.07) is 10.4. The lowest BCUT2D eigenvalue weighted by atomic mass is 9.95. The van der Waals surface area contributed by atoms with Crippen LogP contribution in [0.15, 0.2) is 30.3 Å². The molecule has 144 valence electrons. The van der Waals surface area contributed by atoms with Gasteiger partial charge in [0.1, 0.15) is 0 Å². The van der Waals surface area contributed by atoms with Gasteiger partial charge in [0.15, 0.2) is 5.69 Å². The number of hydrogen-bond acceptors (Lipinski definition) is 3. The van der Waals surface area contributed by atoms with Crippen LogP contribution in [0.5, 0.6) is 0 Å². The normalized spacial score (nSPS) is 18.4. The minimum absolute atomic E-state index is 0.0273. The Morgan fingerprint density at radius 2 is 1.63 bits per heavy atom. The second-order valence-corrected chi connectivity index (χ2v) is 7.82. The Labute approximate surface area is 161 Å². The van der Waals surface area contributed by atoms with Crippen LogP contribution in [0.2, 0.25) is 0 Å². The van der Waals surface area contributed by atoms with Crippen LogP contribution in [-0.2, 0) is 19.4 Å². The maximum atomic E-state index is 13.0. The van der Waals surface area contributed by atoms with Gasteiger partial charge < -0.3 is 0 Å². The lowest BCUT2D eigenvalue weighted by Gasteiger charge is -2.24. The number of rotatable bonds is 4. The maximum absolute atomic E-state index is 13.0. The first-order valence-corrected chi connectivity index (χ1v) is 10.5. The molecule has 0 bridgehead atoms. The van der Waals surface area contributed by atoms with E-state index in [1.807, 2.05) is 6.07 Å². The third kappa shape index (κ3) is 4.41. The Hall–Kier alpha value is -2.14. The minimum atomic E-state index is -0.0273. The maximum Gasteiger partial charge on any atom is 0.286 e. The molecule has 1 aliphatic carbocycles. The summed E-state index contributed by atoms with van der Waals surface area (Å²) in [5.74, 6) is -0.0273. The number of nitrogens with zero attached hydrogens (tertiary/aromatic N) is 3. The van der Waals surface area contributed by atoms with Crippen LogP contribution >= 0.6 is 0 Å². The molecular formula is C22H30N4O. The van der Waals surface area contributed by atoms with Crippen LogP contribution in [0.25, 0.3) is 0 Å². The number of benzene rings is 1. The highest BCUT2D eigenvalue weighted by molar-refractivity contribution is 5.93. The number of carbonyl (C=O) groups is 1. The SMILES string of the molecule is O=C(NN1CCCCCCC1)c1nn(Cc2ccccc2)c2c1CCCC2. The molecule has 1 fully saturated rings. The van der Waals surface area contributed by atoms with Crippen LogP contribution in [-0.4, -0.2) is 33.8 Å². The zero-order valence-electron chi connectivity index (χ0n) is 16.1. The summed E-state index contributed by atoms with van der Waals surface area (Å²) in [5.41, 5.74) is 7.44. The summed E-state index contributed by atoms with van der Waals surface area (Å²) in [4.78, 5) is 13.0. The summed E-state index contributed by atoms with van der Waals surface area (Å²) in [6.45, 7) is 2.62. The fourth-order valence-electron chi connectivity index (χ4n) is 4.30. The zero-order valence-corrected chi connectivity index (χ0v) is 16.1. The monoisotopic (exact) mass is 366 g/mol. The van der Waals surface area contributed by atoms with E-state index in [2.05, 4.69) is 39.4 Å². The number of aromatic nitrogens is 2. The second-order valence-electron chi connectivity index (χ2n) is 7.82. The Morgan fingerprint density at radius 1 is 0.926 bits per heavy atom. The molecule has 0 unspecified atom stereocenters. The van der Waals surface area contributed by atoms with E-state index in [0.717, 1.165) is 51.7 Å². The average molecular weight is 367 g/mol. The first-order chi connectivity index (χ1) is 13.3. The molecule has 27 heavy (non-hydrogen) atoms. The highest BCUT2D eigenvalue weighted by Gasteiger charge is 2.26. The number of hydrogen-bond donors (Lipinski definition) is 1. The van der Waals surface area contributed by atoms with Crippen LogP contribution in [0.3, 0.4) is 0 Å². The van der Waals surface area contributed by atoms with Gasteiger partial charge in [-0.05, 0) is 44.1 Å². The van der Waals surface area contributed by atoms with Crippen molar-refractivity contribution in [3.63, 3.8) is 0 Å². The molecule has 1 aromatic heterocycles. The van der Waals surface area contributed by atoms with Crippen molar-refractivity contribution in [3.05, 3.63) is 52.8 Å². The van der Waals surface area contributed by atoms with E-state index < -0.39 is 0 Å². The Balaban J connectivity index is 1.53. The zero-order chi connectivity index (χ0) is 18.5. The van der Waals surface area contributed by atoms with E-state index in [4.69, 9.17) is 5.10 Å². The van der Waals surface area contributed by atoms with Gasteiger partial charge in [0, 0.05) is 24.3 Å². The molecule has 1 amide bonds. The van der Waals surface area contributed by atoms with Gasteiger partial charge in [-0.25, -0.2) is 5.01 Å². The number of nitrogens with one attached hydrogen (secondary N) is 1. The quantitative estimate of drug-likeness (QED) is 0.897. The molecule has 0 atom stereocenters. The van der Waals surface area contributed by atoms with Crippen LogP contribution < -0.4 is 5.43 Å². The molecule has 5 nitrogen and oxygen atoms in total. The van der Waals surface area contributed by atoms with Gasteiger partial charge in [-0.3, -0.25) is 14.9 Å². The summed E-state index contributed by atoms with van der Waals surface area (Å²) >= 11 is 0. The standard InChI is InChI=1S/C22H30N4O/c27-22(24-25-15-9-2-1-3-10-16-25)21-19-13-7-8-14-20(19)26(23-21)17-18-11-5-4-6-12-18/h4-6,11-12H,1-3,7-10,13-17H2,(H,24,27). The summed E-state index contributed by atoms with van der Waals surface area (Å²) < 4.78 is 2.06. The van der Waals surface area contributed by atoms with Crippen molar-refractivity contribution >= 4 is 5.91 Å². The lowest BCUT2D eigenvalue weighted by Crippen LogP contribution is -2.44. The van der Waals surface area contributed by atoms with Crippen molar-refractivity contribution in [3.8, 4) is 0 Å². The molecule has 1 aliphatic heterocycles. The molecule has 1 aromatic carbocycles. The molecule has 2 aromatic rings. The Bertz CT molecular complexity index is 760. The number of amides is 1. The first kappa shape index (κ1) is 18.2. The predicted molar refractivity (Wildman–Crippen MR) is 107 cm³/mol. The highest BCUT2D eigenvalue weighted by atomic mass is 16.2. The summed E-state index contributed by atoms with van der Waals surface area (Å²) in [7, 11) is 0. The topological polar surface area (TPSA) is 50.2 Å². The number of hydrazine groups is 1. The fourth-order valence-corrected chi connectivity index (χ4v) is 4.30. The fraction of sp³-hybridized carbons (Fsp3) is 0.545. The third-order valence-electron chi connectivity index (χ3n) is 5.76. The highest BCUT2D eigenvalue weighted by Crippen LogP contribution is 2.25. The van der Waals surface area contributed by atoms with Crippen molar-refractivity contribution in [2.45, 2.75) is 64.3 Å². The molecule has 2 heterocycles. The average Bonchev–Trinajstić information content (AvgIpc) is 3.03. The van der Waals surface area contributed by atoms with Crippen molar-refractivity contribution in [2.24, 2.45) is 0 Å². The van der Waals surface area contributed by atoms with E-state index in [1.54, 1.807) is 0 Å². The van der Waals surface area contributed by atoms with Crippen molar-refractivity contribution in [1.29, 1.82) is 0 Å². The predicted octanol–water partition coefficient (Wildman–Crippen LogP) is 3.72. The van der Waals surface area contributed by atoms with Gasteiger partial charge in [-0.1, -0.05) is 49.6 Å². The van der Waals surface area contributed by atoms with Crippen molar-refractivity contribution in [1.82, 2.24) is 20.2 Å². The molecule has 2 aliphatic rings. The Kier molecular flexibility index (Phi) is 5.87. The van der Waals surface area contributed by atoms with Gasteiger partial charge in [-0.15, -0.1) is 0 Å². The Morgan fingerprint density at radius 3 is 2.41 bits per heavy atom. The minimum Gasteiger partial charge on any atom is -0.283 e. The van der Waals surface area contributed by atoms with E-state index >= 15 is 0 Å². The lowest BCUT2D eigenvalue weighted by molar-refractivity contribution is 0.0765. The molecular weight excluding hydrogens is 336 g/mol. The largest absolute Gasteiger partial charge is 0.286 e. The van der Waals surface area contributed by atoms with Gasteiger partial charge in [0.2, 0.25) is 0 Å². The van der Waals surface area contributed by atoms with Crippen LogP contribution in [0.1, 0.15) is 72.3 Å². The molecule has 0 spiro atoms. The van der Waals surface area contributed by atoms with E-state index in [9.17, 15) is 4.79 Å². The van der Waals surface area contributed by atoms with E-state index in [-0.39, 0.29) is 5.91 Å². The summed E-state index contributed by atoms with van der Waals surface area (Å²) in [5, 5.41) is 6.88. The van der Waals surface area contributed by atoms with Crippen molar-refractivity contribution in [2.75, 3.05) is 13.1 Å². The molecule has 0 radical (unpaired) electrons. The molecule has 5 heteroatoms. The first-order valence-electron chi connectivity index (χ1n) is 10.5. The van der Waals surface area contributed by atoms with E-state index in [1.165, 1.54) is 42.5 Å². The van der Waals surface area contributed by atoms with Gasteiger partial charge in [-0.2, -0.15) is 5.10 Å². The second kappa shape index (κ2) is 8.70. The third-order valence-corrected chi connectivity index (χ3v) is 5.76. The van der Waals surface area contributed by atoms with Gasteiger partial charge in [0.05, 0.1) is 6.54 Å². The number of fused-ring (bicyclic) bond motifs is 1. The van der Waals surface area contributed by atoms with Gasteiger partial charge in [0.25, 0.3) is 5.91 Å². The molecule has 1 N–H and O–H groups in total. The van der Waals surface area contributed by atoms with E-state index in [0.29, 0.717) is 5.69 Å². The summed E-state index contributed by atoms with van der Waals surface area (Å²) in [6.07, 6.45) is 10.5. The number of carbonyl (C=O) groups excluding carboxylic acids is 1. The van der Waals surface area contributed by atoms with Crippen molar-refractivity contribution < 1.29 is 4.79 Å². The smallest absolute Gasteiger partial charge is 0.283 e. The van der Waals surface area contributed by atoms with Gasteiger partial charge >= 0.3 is 0 Å².